The summed E-state index contributed by atoms with van der Waals surface area (Å²) in [5.41, 5.74) is 5.74. The van der Waals surface area contributed by atoms with Gasteiger partial charge in [-0.15, -0.1) is 0 Å². The molecule has 7 nitrogen and oxygen atoms in total. The number of aliphatic hydroxyl groups excluding tert-OH is 1. The van der Waals surface area contributed by atoms with Crippen molar-refractivity contribution < 1.29 is 19.6 Å². The summed E-state index contributed by atoms with van der Waals surface area (Å²) in [6.07, 6.45) is -1.26. The van der Waals surface area contributed by atoms with Crippen LogP contribution in [0.1, 0.15) is 18.6 Å². The predicted molar refractivity (Wildman–Crippen MR) is 62.7 cm³/mol. The molecule has 1 aromatic carbocycles. The number of hydrogen-bond donors (Lipinski definition) is 2. The summed E-state index contributed by atoms with van der Waals surface area (Å²) in [6.45, 7) is 1.79. The van der Waals surface area contributed by atoms with Gasteiger partial charge < -0.3 is 15.6 Å². The summed E-state index contributed by atoms with van der Waals surface area (Å²) in [5.74, 6) is -0.719. The van der Waals surface area contributed by atoms with E-state index in [0.29, 0.717) is 5.56 Å². The van der Waals surface area contributed by atoms with Gasteiger partial charge in [0.1, 0.15) is 12.1 Å². The zero-order valence-electron chi connectivity index (χ0n) is 9.78. The van der Waals surface area contributed by atoms with Crippen molar-refractivity contribution in [1.82, 2.24) is 0 Å². The molecule has 0 heterocycles. The van der Waals surface area contributed by atoms with Crippen LogP contribution in [0, 0.1) is 10.1 Å². The number of esters is 1. The Bertz CT molecular complexity index is 432. The number of carbonyl (C=O) groups is 1. The highest BCUT2D eigenvalue weighted by Crippen LogP contribution is 2.20. The van der Waals surface area contributed by atoms with Crippen LogP contribution in [0.5, 0.6) is 0 Å². The third kappa shape index (κ3) is 3.25. The number of benzene rings is 1. The lowest BCUT2D eigenvalue weighted by Crippen LogP contribution is -2.38. The minimum atomic E-state index is -1.26. The molecule has 0 saturated heterocycles. The SMILES string of the molecule is CCOC(=O)[C@@H](N)C(O)c1ccc([N+](=O)[O-])cc1. The Hall–Kier alpha value is -1.99. The van der Waals surface area contributed by atoms with E-state index in [-0.39, 0.29) is 12.3 Å². The van der Waals surface area contributed by atoms with E-state index < -0.39 is 23.0 Å². The summed E-state index contributed by atoms with van der Waals surface area (Å²) in [5, 5.41) is 20.3. The van der Waals surface area contributed by atoms with Gasteiger partial charge in [-0.1, -0.05) is 0 Å². The summed E-state index contributed by atoms with van der Waals surface area (Å²) < 4.78 is 4.68. The summed E-state index contributed by atoms with van der Waals surface area (Å²) >= 11 is 0. The molecule has 1 unspecified atom stereocenters. The number of rotatable bonds is 5. The molecule has 1 rings (SSSR count). The van der Waals surface area contributed by atoms with Gasteiger partial charge in [-0.3, -0.25) is 14.9 Å². The van der Waals surface area contributed by atoms with Crippen molar-refractivity contribution in [3.05, 3.63) is 39.9 Å². The molecule has 98 valence electrons. The second-order valence-corrected chi connectivity index (χ2v) is 3.57. The molecular weight excluding hydrogens is 240 g/mol. The summed E-state index contributed by atoms with van der Waals surface area (Å²) in [6, 6.07) is 3.95. The minimum absolute atomic E-state index is 0.101. The van der Waals surface area contributed by atoms with Crippen LogP contribution in [0.3, 0.4) is 0 Å². The van der Waals surface area contributed by atoms with Crippen molar-refractivity contribution >= 4 is 11.7 Å². The molecule has 18 heavy (non-hydrogen) atoms. The number of aliphatic hydroxyl groups is 1. The largest absolute Gasteiger partial charge is 0.465 e. The lowest BCUT2D eigenvalue weighted by Gasteiger charge is -2.17. The van der Waals surface area contributed by atoms with Crippen LogP contribution in [-0.4, -0.2) is 28.6 Å². The lowest BCUT2D eigenvalue weighted by molar-refractivity contribution is -0.384. The average Bonchev–Trinajstić information content (AvgIpc) is 2.37. The predicted octanol–water partition coefficient (Wildman–Crippen LogP) is 0.519. The van der Waals surface area contributed by atoms with Crippen molar-refractivity contribution in [1.29, 1.82) is 0 Å². The monoisotopic (exact) mass is 254 g/mol. The maximum atomic E-state index is 11.3. The van der Waals surface area contributed by atoms with E-state index in [0.717, 1.165) is 0 Å². The van der Waals surface area contributed by atoms with Crippen LogP contribution in [-0.2, 0) is 9.53 Å². The molecule has 7 heteroatoms. The number of non-ortho nitro benzene ring substituents is 1. The van der Waals surface area contributed by atoms with Gasteiger partial charge in [0.15, 0.2) is 0 Å². The first-order valence-electron chi connectivity index (χ1n) is 5.32. The highest BCUT2D eigenvalue weighted by Gasteiger charge is 2.25. The first-order valence-corrected chi connectivity index (χ1v) is 5.32. The third-order valence-electron chi connectivity index (χ3n) is 2.34. The van der Waals surface area contributed by atoms with Crippen LogP contribution in [0.4, 0.5) is 5.69 Å². The maximum Gasteiger partial charge on any atom is 0.325 e. The Labute approximate surface area is 103 Å². The van der Waals surface area contributed by atoms with E-state index in [1.54, 1.807) is 6.92 Å². The number of ether oxygens (including phenoxy) is 1. The van der Waals surface area contributed by atoms with Gasteiger partial charge in [0.25, 0.3) is 5.69 Å². The number of nitro benzene ring substituents is 1. The number of nitro groups is 1. The number of nitrogens with zero attached hydrogens (tertiary/aromatic N) is 1. The van der Waals surface area contributed by atoms with Crippen molar-refractivity contribution in [3.63, 3.8) is 0 Å². The number of carbonyl (C=O) groups excluding carboxylic acids is 1. The molecule has 0 amide bonds. The molecule has 0 aliphatic carbocycles. The Morgan fingerprint density at radius 3 is 2.50 bits per heavy atom. The number of hydrogen-bond acceptors (Lipinski definition) is 6. The zero-order valence-corrected chi connectivity index (χ0v) is 9.78. The van der Waals surface area contributed by atoms with E-state index in [4.69, 9.17) is 5.73 Å². The second-order valence-electron chi connectivity index (χ2n) is 3.57. The van der Waals surface area contributed by atoms with Crippen LogP contribution in [0.15, 0.2) is 24.3 Å². The quantitative estimate of drug-likeness (QED) is 0.449. The lowest BCUT2D eigenvalue weighted by atomic mass is 10.0. The Kier molecular flexibility index (Phi) is 4.75. The van der Waals surface area contributed by atoms with E-state index in [1.807, 2.05) is 0 Å². The molecule has 0 saturated carbocycles. The molecule has 0 radical (unpaired) electrons. The van der Waals surface area contributed by atoms with E-state index in [2.05, 4.69) is 4.74 Å². The minimum Gasteiger partial charge on any atom is -0.465 e. The fourth-order valence-corrected chi connectivity index (χ4v) is 1.37. The van der Waals surface area contributed by atoms with Crippen molar-refractivity contribution in [2.24, 2.45) is 5.73 Å². The fraction of sp³-hybridized carbons (Fsp3) is 0.364. The van der Waals surface area contributed by atoms with Crippen LogP contribution >= 0.6 is 0 Å². The topological polar surface area (TPSA) is 116 Å². The molecule has 0 aliphatic rings. The molecule has 0 spiro atoms. The Morgan fingerprint density at radius 1 is 1.50 bits per heavy atom. The fourth-order valence-electron chi connectivity index (χ4n) is 1.37. The molecule has 0 fully saturated rings. The standard InChI is InChI=1S/C11H14N2O5/c1-2-18-11(15)9(12)10(14)7-3-5-8(6-4-7)13(16)17/h3-6,9-10,14H,2,12H2,1H3/t9-,10?/m0/s1. The van der Waals surface area contributed by atoms with E-state index in [1.165, 1.54) is 24.3 Å². The molecule has 0 bridgehead atoms. The summed E-state index contributed by atoms with van der Waals surface area (Å²) in [7, 11) is 0. The molecule has 0 aliphatic heterocycles. The van der Waals surface area contributed by atoms with Gasteiger partial charge in [0.05, 0.1) is 11.5 Å². The van der Waals surface area contributed by atoms with Crippen LogP contribution in [0.2, 0.25) is 0 Å². The maximum absolute atomic E-state index is 11.3. The number of nitrogens with two attached hydrogens (primary N) is 1. The van der Waals surface area contributed by atoms with Gasteiger partial charge in [0, 0.05) is 12.1 Å². The van der Waals surface area contributed by atoms with E-state index >= 15 is 0 Å². The Balaban J connectivity index is 2.80. The third-order valence-corrected chi connectivity index (χ3v) is 2.34. The molecular formula is C11H14N2O5. The zero-order chi connectivity index (χ0) is 13.7. The first kappa shape index (κ1) is 14.1. The van der Waals surface area contributed by atoms with Crippen LogP contribution in [0.25, 0.3) is 0 Å². The Morgan fingerprint density at radius 2 is 2.06 bits per heavy atom. The normalized spacial score (nSPS) is 13.7. The van der Waals surface area contributed by atoms with Gasteiger partial charge in [0.2, 0.25) is 0 Å². The van der Waals surface area contributed by atoms with Crippen molar-refractivity contribution in [2.75, 3.05) is 6.61 Å². The molecule has 3 N–H and O–H groups in total. The molecule has 2 atom stereocenters. The second kappa shape index (κ2) is 6.08. The van der Waals surface area contributed by atoms with Crippen LogP contribution < -0.4 is 5.73 Å². The summed E-state index contributed by atoms with van der Waals surface area (Å²) in [4.78, 5) is 21.2. The van der Waals surface area contributed by atoms with Gasteiger partial charge in [-0.25, -0.2) is 0 Å². The highest BCUT2D eigenvalue weighted by atomic mass is 16.6. The average molecular weight is 254 g/mol. The molecule has 1 aromatic rings. The smallest absolute Gasteiger partial charge is 0.325 e. The molecule has 0 aromatic heterocycles. The van der Waals surface area contributed by atoms with E-state index in [9.17, 15) is 20.0 Å². The van der Waals surface area contributed by atoms with Gasteiger partial charge >= 0.3 is 5.97 Å². The van der Waals surface area contributed by atoms with Crippen molar-refractivity contribution in [3.8, 4) is 0 Å². The first-order chi connectivity index (χ1) is 8.47. The van der Waals surface area contributed by atoms with Gasteiger partial charge in [-0.2, -0.15) is 0 Å². The van der Waals surface area contributed by atoms with Crippen molar-refractivity contribution in [2.45, 2.75) is 19.1 Å². The highest BCUT2D eigenvalue weighted by molar-refractivity contribution is 5.76. The van der Waals surface area contributed by atoms with Gasteiger partial charge in [-0.05, 0) is 24.6 Å².